The van der Waals surface area contributed by atoms with E-state index in [-0.39, 0.29) is 6.09 Å². The lowest BCUT2D eigenvalue weighted by Crippen LogP contribution is -2.65. The standard InChI is InChI=1S/C36H49N5O6/c1-35(2,3)46-33(42)39-20-27(21-39)40-25-8-9-26(40)18-24(17-25)23-7-10-31-30(19-23)41(34(43)47-36(4,5)6)32-28(22-45-31)29(11-12-37-32)38-13-15-44-16-14-38/h7,10-12,19,24-27H,8-9,13-18,20-22H2,1-6H3/t24?,25-,26?/m1/s1. The highest BCUT2D eigenvalue weighted by molar-refractivity contribution is 5.99. The first-order valence-electron chi connectivity index (χ1n) is 17.2. The highest BCUT2D eigenvalue weighted by Crippen LogP contribution is 2.48. The number of morpholine rings is 1. The Kier molecular flexibility index (Phi) is 8.27. The SMILES string of the molecule is CC(C)(C)OC(=O)N1CC(N2C3CC[C@@H]2CC(c2ccc4c(c2)N(C(=O)OC(C)(C)C)c2nccc(N5CCOCC5)c2CO4)C3)C1. The molecule has 0 spiro atoms. The third-order valence-electron chi connectivity index (χ3n) is 9.94. The average Bonchev–Trinajstić information content (AvgIpc) is 3.13. The van der Waals surface area contributed by atoms with Gasteiger partial charge in [0.1, 0.15) is 23.6 Å². The Balaban J connectivity index is 1.14. The minimum absolute atomic E-state index is 0.217. The van der Waals surface area contributed by atoms with Crippen molar-refractivity contribution in [2.45, 2.75) is 109 Å². The summed E-state index contributed by atoms with van der Waals surface area (Å²) in [5.41, 5.74) is 2.57. The van der Waals surface area contributed by atoms with Crippen molar-refractivity contribution in [1.82, 2.24) is 14.8 Å². The molecule has 3 atom stereocenters. The molecule has 2 unspecified atom stereocenters. The molecule has 2 aromatic rings. The summed E-state index contributed by atoms with van der Waals surface area (Å²) in [6.45, 7) is 16.0. The second-order valence-corrected chi connectivity index (χ2v) is 15.6. The minimum atomic E-state index is -0.684. The van der Waals surface area contributed by atoms with E-state index in [9.17, 15) is 9.59 Å². The third kappa shape index (κ3) is 6.48. The number of carbonyl (C=O) groups is 2. The molecule has 11 heteroatoms. The summed E-state index contributed by atoms with van der Waals surface area (Å²) in [7, 11) is 0. The third-order valence-corrected chi connectivity index (χ3v) is 9.94. The van der Waals surface area contributed by atoms with Gasteiger partial charge in [-0.1, -0.05) is 6.07 Å². The Morgan fingerprint density at radius 2 is 1.51 bits per heavy atom. The van der Waals surface area contributed by atoms with Crippen LogP contribution in [0.25, 0.3) is 0 Å². The van der Waals surface area contributed by atoms with E-state index >= 15 is 0 Å². The van der Waals surface area contributed by atoms with E-state index in [0.29, 0.717) is 61.1 Å². The van der Waals surface area contributed by atoms with E-state index in [4.69, 9.17) is 23.9 Å². The second-order valence-electron chi connectivity index (χ2n) is 15.6. The molecule has 47 heavy (non-hydrogen) atoms. The molecule has 4 fully saturated rings. The Morgan fingerprint density at radius 1 is 0.851 bits per heavy atom. The average molecular weight is 648 g/mol. The highest BCUT2D eigenvalue weighted by Gasteiger charge is 2.49. The van der Waals surface area contributed by atoms with Crippen molar-refractivity contribution in [2.24, 2.45) is 0 Å². The van der Waals surface area contributed by atoms with Crippen LogP contribution in [0.3, 0.4) is 0 Å². The number of benzene rings is 1. The monoisotopic (exact) mass is 647 g/mol. The maximum absolute atomic E-state index is 14.0. The van der Waals surface area contributed by atoms with Crippen molar-refractivity contribution in [1.29, 1.82) is 0 Å². The van der Waals surface area contributed by atoms with Crippen molar-refractivity contribution in [2.75, 3.05) is 49.2 Å². The summed E-state index contributed by atoms with van der Waals surface area (Å²) >= 11 is 0. The fraction of sp³-hybridized carbons (Fsp3) is 0.639. The number of ether oxygens (including phenoxy) is 4. The van der Waals surface area contributed by atoms with E-state index in [2.05, 4.69) is 21.9 Å². The molecular formula is C36H49N5O6. The normalized spacial score (nSPS) is 24.9. The van der Waals surface area contributed by atoms with E-state index < -0.39 is 17.3 Å². The van der Waals surface area contributed by atoms with Gasteiger partial charge in [-0.05, 0) is 96.9 Å². The molecule has 5 aliphatic heterocycles. The Morgan fingerprint density at radius 3 is 2.17 bits per heavy atom. The highest BCUT2D eigenvalue weighted by atomic mass is 16.6. The fourth-order valence-electron chi connectivity index (χ4n) is 7.95. The lowest BCUT2D eigenvalue weighted by atomic mass is 9.83. The zero-order valence-electron chi connectivity index (χ0n) is 28.7. The maximum Gasteiger partial charge on any atom is 0.420 e. The van der Waals surface area contributed by atoms with Crippen LogP contribution in [0.5, 0.6) is 5.75 Å². The Bertz CT molecular complexity index is 1490. The van der Waals surface area contributed by atoms with E-state index in [1.807, 2.05) is 58.6 Å². The van der Waals surface area contributed by atoms with Crippen molar-refractivity contribution < 1.29 is 28.5 Å². The van der Waals surface area contributed by atoms with Crippen LogP contribution < -0.4 is 14.5 Å². The largest absolute Gasteiger partial charge is 0.486 e. The van der Waals surface area contributed by atoms with Crippen LogP contribution in [0.15, 0.2) is 30.5 Å². The topological polar surface area (TPSA) is 96.9 Å². The van der Waals surface area contributed by atoms with Crippen LogP contribution in [0.4, 0.5) is 26.8 Å². The van der Waals surface area contributed by atoms with Gasteiger partial charge in [-0.2, -0.15) is 0 Å². The maximum atomic E-state index is 14.0. The molecule has 7 rings (SSSR count). The van der Waals surface area contributed by atoms with Crippen LogP contribution in [0, 0.1) is 0 Å². The van der Waals surface area contributed by atoms with Crippen molar-refractivity contribution >= 4 is 29.4 Å². The summed E-state index contributed by atoms with van der Waals surface area (Å²) in [6.07, 6.45) is 5.51. The summed E-state index contributed by atoms with van der Waals surface area (Å²) in [6, 6.07) is 9.64. The quantitative estimate of drug-likeness (QED) is 0.385. The number of anilines is 3. The Labute approximate surface area is 278 Å². The smallest absolute Gasteiger partial charge is 0.420 e. The van der Waals surface area contributed by atoms with E-state index in [0.717, 1.165) is 50.3 Å². The molecule has 0 saturated carbocycles. The first-order chi connectivity index (χ1) is 22.3. The van der Waals surface area contributed by atoms with Gasteiger partial charge >= 0.3 is 12.2 Å². The van der Waals surface area contributed by atoms with Gasteiger partial charge in [0.2, 0.25) is 0 Å². The molecule has 0 N–H and O–H groups in total. The molecule has 0 radical (unpaired) electrons. The summed E-state index contributed by atoms with van der Waals surface area (Å²) < 4.78 is 23.6. The van der Waals surface area contributed by atoms with Crippen molar-refractivity contribution in [3.05, 3.63) is 41.6 Å². The van der Waals surface area contributed by atoms with E-state index in [1.165, 1.54) is 18.4 Å². The number of amides is 2. The predicted octanol–water partition coefficient (Wildman–Crippen LogP) is 6.21. The molecular weight excluding hydrogens is 598 g/mol. The van der Waals surface area contributed by atoms with Gasteiger partial charge in [0.05, 0.1) is 24.5 Å². The van der Waals surface area contributed by atoms with Crippen LogP contribution in [0.1, 0.15) is 84.3 Å². The molecule has 0 aliphatic carbocycles. The second kappa shape index (κ2) is 12.1. The van der Waals surface area contributed by atoms with Crippen LogP contribution >= 0.6 is 0 Å². The fourth-order valence-corrected chi connectivity index (χ4v) is 7.95. The molecule has 1 aromatic heterocycles. The van der Waals surface area contributed by atoms with Gasteiger partial charge in [-0.3, -0.25) is 4.90 Å². The predicted molar refractivity (Wildman–Crippen MR) is 179 cm³/mol. The number of nitrogens with zero attached hydrogens (tertiary/aromatic N) is 5. The first kappa shape index (κ1) is 32.0. The molecule has 11 nitrogen and oxygen atoms in total. The first-order valence-corrected chi connectivity index (χ1v) is 17.2. The zero-order chi connectivity index (χ0) is 33.1. The number of hydrogen-bond donors (Lipinski definition) is 0. The summed E-state index contributed by atoms with van der Waals surface area (Å²) in [5, 5.41) is 0. The summed E-state index contributed by atoms with van der Waals surface area (Å²) in [4.78, 5) is 39.8. The molecule has 2 amide bonds. The number of fused-ring (bicyclic) bond motifs is 4. The summed E-state index contributed by atoms with van der Waals surface area (Å²) in [5.74, 6) is 1.54. The van der Waals surface area contributed by atoms with Gasteiger partial charge in [0.15, 0.2) is 5.82 Å². The van der Waals surface area contributed by atoms with Crippen LogP contribution in [-0.2, 0) is 20.8 Å². The molecule has 254 valence electrons. The molecule has 1 aromatic carbocycles. The number of pyridine rings is 1. The zero-order valence-corrected chi connectivity index (χ0v) is 28.7. The number of rotatable bonds is 3. The lowest BCUT2D eigenvalue weighted by Gasteiger charge is -2.51. The number of aromatic nitrogens is 1. The number of likely N-dealkylation sites (tertiary alicyclic amines) is 1. The van der Waals surface area contributed by atoms with Crippen molar-refractivity contribution in [3.63, 3.8) is 0 Å². The van der Waals surface area contributed by atoms with Crippen molar-refractivity contribution in [3.8, 4) is 5.75 Å². The van der Waals surface area contributed by atoms with Crippen LogP contribution in [0.2, 0.25) is 0 Å². The molecule has 2 bridgehead atoms. The minimum Gasteiger partial charge on any atom is -0.486 e. The lowest BCUT2D eigenvalue weighted by molar-refractivity contribution is -0.0366. The van der Waals surface area contributed by atoms with Gasteiger partial charge < -0.3 is 28.7 Å². The number of carbonyl (C=O) groups excluding carboxylic acids is 2. The molecule has 4 saturated heterocycles. The number of hydrogen-bond acceptors (Lipinski definition) is 9. The van der Waals surface area contributed by atoms with Gasteiger partial charge in [0.25, 0.3) is 0 Å². The van der Waals surface area contributed by atoms with Gasteiger partial charge in [-0.25, -0.2) is 19.5 Å². The Hall–Kier alpha value is -3.57. The van der Waals surface area contributed by atoms with E-state index in [1.54, 1.807) is 11.1 Å². The number of piperidine rings is 1. The molecule has 6 heterocycles. The van der Waals surface area contributed by atoms with Crippen LogP contribution in [-0.4, -0.2) is 95.7 Å². The van der Waals surface area contributed by atoms with Gasteiger partial charge in [0, 0.05) is 56.2 Å². The van der Waals surface area contributed by atoms with Gasteiger partial charge in [-0.15, -0.1) is 0 Å². The molecule has 5 aliphatic rings.